The van der Waals surface area contributed by atoms with E-state index in [1.807, 2.05) is 0 Å². The number of carbonyl (C=O) groups excluding carboxylic acids is 2. The molecule has 0 aromatic heterocycles. The number of carbonyl (C=O) groups is 2. The molecule has 0 spiro atoms. The van der Waals surface area contributed by atoms with Gasteiger partial charge in [0, 0.05) is 11.6 Å². The first-order chi connectivity index (χ1) is 9.08. The summed E-state index contributed by atoms with van der Waals surface area (Å²) < 4.78 is 5.19. The number of hydrogen-bond donors (Lipinski definition) is 2. The molecule has 2 rings (SSSR count). The van der Waals surface area contributed by atoms with Crippen molar-refractivity contribution in [1.82, 2.24) is 10.9 Å². The molecule has 1 aliphatic heterocycles. The zero-order chi connectivity index (χ0) is 13.8. The fourth-order valence-corrected chi connectivity index (χ4v) is 2.22. The normalized spacial score (nSPS) is 18.1. The van der Waals surface area contributed by atoms with Crippen LogP contribution < -0.4 is 10.9 Å². The molecule has 5 nitrogen and oxygen atoms in total. The zero-order valence-corrected chi connectivity index (χ0v) is 11.4. The minimum absolute atomic E-state index is 0.219. The predicted octanol–water partition coefficient (Wildman–Crippen LogP) is 1.93. The Kier molecular flexibility index (Phi) is 4.63. The van der Waals surface area contributed by atoms with Crippen molar-refractivity contribution < 1.29 is 14.3 Å². The van der Waals surface area contributed by atoms with Crippen molar-refractivity contribution in [2.45, 2.75) is 18.9 Å². The van der Waals surface area contributed by atoms with Crippen molar-refractivity contribution in [3.8, 4) is 0 Å². The predicted molar refractivity (Wildman–Crippen MR) is 71.0 cm³/mol. The van der Waals surface area contributed by atoms with Crippen LogP contribution >= 0.6 is 23.2 Å². The second-order valence-electron chi connectivity index (χ2n) is 4.07. The number of amides is 2. The van der Waals surface area contributed by atoms with Crippen molar-refractivity contribution >= 4 is 35.0 Å². The Balaban J connectivity index is 1.92. The molecule has 1 unspecified atom stereocenters. The molecule has 1 heterocycles. The van der Waals surface area contributed by atoms with Crippen LogP contribution in [0.2, 0.25) is 10.0 Å². The summed E-state index contributed by atoms with van der Waals surface area (Å²) in [4.78, 5) is 23.4. The summed E-state index contributed by atoms with van der Waals surface area (Å²) in [6.45, 7) is 0.565. The van der Waals surface area contributed by atoms with Gasteiger partial charge >= 0.3 is 0 Å². The van der Waals surface area contributed by atoms with Gasteiger partial charge in [0.05, 0.1) is 10.6 Å². The number of ether oxygens (including phenoxy) is 1. The van der Waals surface area contributed by atoms with Gasteiger partial charge in [-0.1, -0.05) is 23.2 Å². The van der Waals surface area contributed by atoms with Crippen LogP contribution in [0.5, 0.6) is 0 Å². The maximum Gasteiger partial charge on any atom is 0.271 e. The number of benzene rings is 1. The molecule has 0 radical (unpaired) electrons. The second kappa shape index (κ2) is 6.23. The lowest BCUT2D eigenvalue weighted by molar-refractivity contribution is -0.130. The Morgan fingerprint density at radius 3 is 2.68 bits per heavy atom. The average Bonchev–Trinajstić information content (AvgIpc) is 2.89. The third-order valence-corrected chi connectivity index (χ3v) is 3.24. The van der Waals surface area contributed by atoms with Gasteiger partial charge in [0.2, 0.25) is 0 Å². The van der Waals surface area contributed by atoms with Crippen LogP contribution in [0.25, 0.3) is 0 Å². The summed E-state index contributed by atoms with van der Waals surface area (Å²) in [6.07, 6.45) is 0.999. The van der Waals surface area contributed by atoms with E-state index in [1.54, 1.807) is 6.07 Å². The van der Waals surface area contributed by atoms with Gasteiger partial charge in [-0.15, -0.1) is 0 Å². The van der Waals surface area contributed by atoms with E-state index < -0.39 is 12.0 Å². The van der Waals surface area contributed by atoms with Crippen LogP contribution in [0.15, 0.2) is 18.2 Å². The van der Waals surface area contributed by atoms with E-state index in [-0.39, 0.29) is 16.5 Å². The molecular weight excluding hydrogens is 291 g/mol. The average molecular weight is 303 g/mol. The van der Waals surface area contributed by atoms with Crippen molar-refractivity contribution in [3.63, 3.8) is 0 Å². The molecule has 0 saturated carbocycles. The van der Waals surface area contributed by atoms with Crippen LogP contribution in [-0.4, -0.2) is 24.5 Å². The van der Waals surface area contributed by atoms with E-state index in [2.05, 4.69) is 10.9 Å². The minimum Gasteiger partial charge on any atom is -0.368 e. The van der Waals surface area contributed by atoms with E-state index in [0.717, 1.165) is 6.42 Å². The summed E-state index contributed by atoms with van der Waals surface area (Å²) in [6, 6.07) is 4.49. The first kappa shape index (κ1) is 14.1. The van der Waals surface area contributed by atoms with Crippen molar-refractivity contribution in [2.75, 3.05) is 6.61 Å². The van der Waals surface area contributed by atoms with Crippen LogP contribution in [-0.2, 0) is 9.53 Å². The van der Waals surface area contributed by atoms with Crippen LogP contribution in [0.3, 0.4) is 0 Å². The fourth-order valence-electron chi connectivity index (χ4n) is 1.72. The van der Waals surface area contributed by atoms with Crippen LogP contribution in [0.4, 0.5) is 0 Å². The van der Waals surface area contributed by atoms with Crippen LogP contribution in [0.1, 0.15) is 23.2 Å². The molecule has 7 heteroatoms. The first-order valence-corrected chi connectivity index (χ1v) is 6.50. The minimum atomic E-state index is -0.506. The zero-order valence-electron chi connectivity index (χ0n) is 9.91. The molecule has 1 aromatic rings. The van der Waals surface area contributed by atoms with E-state index in [4.69, 9.17) is 27.9 Å². The van der Waals surface area contributed by atoms with E-state index in [9.17, 15) is 9.59 Å². The monoisotopic (exact) mass is 302 g/mol. The first-order valence-electron chi connectivity index (χ1n) is 5.75. The second-order valence-corrected chi connectivity index (χ2v) is 4.91. The Morgan fingerprint density at radius 2 is 2.05 bits per heavy atom. The van der Waals surface area contributed by atoms with Gasteiger partial charge in [0.1, 0.15) is 6.10 Å². The third-order valence-electron chi connectivity index (χ3n) is 2.70. The molecule has 1 fully saturated rings. The highest BCUT2D eigenvalue weighted by Crippen LogP contribution is 2.20. The molecule has 1 saturated heterocycles. The highest BCUT2D eigenvalue weighted by Gasteiger charge is 2.24. The smallest absolute Gasteiger partial charge is 0.271 e. The Morgan fingerprint density at radius 1 is 1.26 bits per heavy atom. The van der Waals surface area contributed by atoms with Gasteiger partial charge in [-0.25, -0.2) is 0 Å². The summed E-state index contributed by atoms with van der Waals surface area (Å²) >= 11 is 11.6. The topological polar surface area (TPSA) is 67.4 Å². The molecule has 0 bridgehead atoms. The Bertz CT molecular complexity index is 502. The maximum atomic E-state index is 11.8. The lowest BCUT2D eigenvalue weighted by Gasteiger charge is -2.12. The number of hydrogen-bond acceptors (Lipinski definition) is 3. The van der Waals surface area contributed by atoms with Crippen molar-refractivity contribution in [3.05, 3.63) is 33.8 Å². The lowest BCUT2D eigenvalue weighted by atomic mass is 10.2. The number of halogens is 2. The van der Waals surface area contributed by atoms with E-state index in [1.165, 1.54) is 12.1 Å². The number of hydrazine groups is 1. The summed E-state index contributed by atoms with van der Waals surface area (Å²) in [5, 5.41) is 0.654. The highest BCUT2D eigenvalue weighted by molar-refractivity contribution is 6.36. The quantitative estimate of drug-likeness (QED) is 0.820. The molecule has 2 N–H and O–H groups in total. The SMILES string of the molecule is O=C(NNC(=O)C1CCCO1)c1ccc(Cl)cc1Cl. The van der Waals surface area contributed by atoms with Gasteiger partial charge in [-0.05, 0) is 31.0 Å². The molecular formula is C12H12Cl2N2O3. The van der Waals surface area contributed by atoms with E-state index in [0.29, 0.717) is 18.1 Å². The molecule has 1 aliphatic rings. The van der Waals surface area contributed by atoms with Crippen molar-refractivity contribution in [2.24, 2.45) is 0 Å². The molecule has 1 aromatic carbocycles. The van der Waals surface area contributed by atoms with Gasteiger partial charge in [-0.2, -0.15) is 0 Å². The molecule has 0 aliphatic carbocycles. The van der Waals surface area contributed by atoms with Gasteiger partial charge in [0.15, 0.2) is 0 Å². The molecule has 102 valence electrons. The third kappa shape index (κ3) is 3.59. The van der Waals surface area contributed by atoms with Crippen LogP contribution in [0, 0.1) is 0 Å². The largest absolute Gasteiger partial charge is 0.368 e. The van der Waals surface area contributed by atoms with Gasteiger partial charge in [0.25, 0.3) is 11.8 Å². The Hall–Kier alpha value is -1.30. The number of rotatable bonds is 2. The maximum absolute atomic E-state index is 11.8. The standard InChI is InChI=1S/C12H12Cl2N2O3/c13-7-3-4-8(9(14)6-7)11(17)15-16-12(18)10-2-1-5-19-10/h3-4,6,10H,1-2,5H2,(H,15,17)(H,16,18). The summed E-state index contributed by atoms with van der Waals surface area (Å²) in [5.74, 6) is -0.871. The Labute approximate surface area is 120 Å². The van der Waals surface area contributed by atoms with Gasteiger partial charge < -0.3 is 4.74 Å². The fraction of sp³-hybridized carbons (Fsp3) is 0.333. The molecule has 19 heavy (non-hydrogen) atoms. The van der Waals surface area contributed by atoms with Gasteiger partial charge in [-0.3, -0.25) is 20.4 Å². The number of nitrogens with one attached hydrogen (secondary N) is 2. The lowest BCUT2D eigenvalue weighted by Crippen LogP contribution is -2.46. The molecule has 1 atom stereocenters. The van der Waals surface area contributed by atoms with E-state index >= 15 is 0 Å². The molecule has 2 amide bonds. The highest BCUT2D eigenvalue weighted by atomic mass is 35.5. The summed E-state index contributed by atoms with van der Waals surface area (Å²) in [7, 11) is 0. The van der Waals surface area contributed by atoms with Crippen molar-refractivity contribution in [1.29, 1.82) is 0 Å². The summed E-state index contributed by atoms with van der Waals surface area (Å²) in [5.41, 5.74) is 4.83.